The molecule has 0 unspecified atom stereocenters. The number of piperidine rings is 1. The second-order valence-corrected chi connectivity index (χ2v) is 9.04. The van der Waals surface area contributed by atoms with Crippen molar-refractivity contribution in [2.24, 2.45) is 0 Å². The van der Waals surface area contributed by atoms with Gasteiger partial charge in [-0.25, -0.2) is 0 Å². The van der Waals surface area contributed by atoms with Crippen molar-refractivity contribution in [2.75, 3.05) is 19.6 Å². The largest absolute Gasteiger partial charge is 0.354 e. The van der Waals surface area contributed by atoms with E-state index in [0.717, 1.165) is 25.3 Å². The fourth-order valence-electron chi connectivity index (χ4n) is 4.89. The number of aromatic amines is 1. The number of nitrogens with one attached hydrogen (secondary N) is 1. The lowest BCUT2D eigenvalue weighted by atomic mass is 9.87. The van der Waals surface area contributed by atoms with Gasteiger partial charge in [-0.05, 0) is 86.5 Å². The van der Waals surface area contributed by atoms with E-state index >= 15 is 0 Å². The summed E-state index contributed by atoms with van der Waals surface area (Å²) in [6.07, 6.45) is 4.96. The van der Waals surface area contributed by atoms with E-state index in [-0.39, 0.29) is 0 Å². The highest BCUT2D eigenvalue weighted by molar-refractivity contribution is 5.92. The average Bonchev–Trinajstić information content (AvgIpc) is 3.13. The standard InChI is InChI=1S/C26H32N4/c1-17(2)25-23-15-21(20-8-12-30(13-9-20)11-5-10-27)6-7-24(23)29-26(25)22-14-19(4)28-16-18(22)3/h6-7,14-17,20,29H,5,8-9,11-13H2,1-4H3. The molecule has 1 aliphatic heterocycles. The first-order valence-electron chi connectivity index (χ1n) is 11.2. The van der Waals surface area contributed by atoms with Crippen molar-refractivity contribution >= 4 is 10.9 Å². The molecule has 156 valence electrons. The molecule has 0 saturated carbocycles. The molecule has 30 heavy (non-hydrogen) atoms. The van der Waals surface area contributed by atoms with Gasteiger partial charge in [-0.3, -0.25) is 4.98 Å². The molecular weight excluding hydrogens is 368 g/mol. The van der Waals surface area contributed by atoms with Crippen LogP contribution in [0.5, 0.6) is 0 Å². The summed E-state index contributed by atoms with van der Waals surface area (Å²) in [6.45, 7) is 11.9. The Morgan fingerprint density at radius 2 is 1.97 bits per heavy atom. The summed E-state index contributed by atoms with van der Waals surface area (Å²) in [5, 5.41) is 10.2. The van der Waals surface area contributed by atoms with Crippen molar-refractivity contribution in [3.05, 3.63) is 52.8 Å². The Kier molecular flexibility index (Phi) is 5.92. The molecule has 0 spiro atoms. The molecule has 1 fully saturated rings. The second-order valence-electron chi connectivity index (χ2n) is 9.04. The number of rotatable bonds is 5. The molecule has 3 heterocycles. The van der Waals surface area contributed by atoms with Crippen LogP contribution in [0.4, 0.5) is 0 Å². The number of likely N-dealkylation sites (tertiary alicyclic amines) is 1. The monoisotopic (exact) mass is 400 g/mol. The number of nitrogens with zero attached hydrogens (tertiary/aromatic N) is 3. The Morgan fingerprint density at radius 3 is 2.67 bits per heavy atom. The van der Waals surface area contributed by atoms with Crippen molar-refractivity contribution < 1.29 is 0 Å². The number of nitriles is 1. The van der Waals surface area contributed by atoms with Crippen LogP contribution in [0.15, 0.2) is 30.5 Å². The molecule has 0 radical (unpaired) electrons. The Balaban J connectivity index is 1.69. The summed E-state index contributed by atoms with van der Waals surface area (Å²) in [5.41, 5.74) is 8.84. The first kappa shape index (κ1) is 20.6. The fourth-order valence-corrected chi connectivity index (χ4v) is 4.89. The second kappa shape index (κ2) is 8.62. The number of hydrogen-bond acceptors (Lipinski definition) is 3. The lowest BCUT2D eigenvalue weighted by Gasteiger charge is -2.31. The molecule has 1 N–H and O–H groups in total. The average molecular weight is 401 g/mol. The zero-order chi connectivity index (χ0) is 21.3. The van der Waals surface area contributed by atoms with Crippen molar-refractivity contribution in [2.45, 2.75) is 58.8 Å². The van der Waals surface area contributed by atoms with Gasteiger partial charge in [0.1, 0.15) is 0 Å². The van der Waals surface area contributed by atoms with Crippen LogP contribution in [0.3, 0.4) is 0 Å². The molecule has 1 aliphatic rings. The predicted octanol–water partition coefficient (Wildman–Crippen LogP) is 6.06. The zero-order valence-electron chi connectivity index (χ0n) is 18.6. The Bertz CT molecular complexity index is 1080. The number of fused-ring (bicyclic) bond motifs is 1. The van der Waals surface area contributed by atoms with Gasteiger partial charge in [0.15, 0.2) is 0 Å². The third-order valence-electron chi connectivity index (χ3n) is 6.55. The summed E-state index contributed by atoms with van der Waals surface area (Å²) in [7, 11) is 0. The van der Waals surface area contributed by atoms with E-state index in [1.165, 1.54) is 51.7 Å². The minimum Gasteiger partial charge on any atom is -0.354 e. The zero-order valence-corrected chi connectivity index (χ0v) is 18.6. The molecule has 1 aromatic carbocycles. The van der Waals surface area contributed by atoms with Gasteiger partial charge in [0.25, 0.3) is 0 Å². The summed E-state index contributed by atoms with van der Waals surface area (Å²) in [6, 6.07) is 11.5. The highest BCUT2D eigenvalue weighted by Crippen LogP contribution is 2.39. The van der Waals surface area contributed by atoms with Crippen LogP contribution < -0.4 is 0 Å². The maximum Gasteiger partial charge on any atom is 0.0635 e. The van der Waals surface area contributed by atoms with E-state index in [2.05, 4.69) is 72.9 Å². The van der Waals surface area contributed by atoms with Crippen LogP contribution >= 0.6 is 0 Å². The Morgan fingerprint density at radius 1 is 1.20 bits per heavy atom. The molecule has 2 aromatic heterocycles. The lowest BCUT2D eigenvalue weighted by Crippen LogP contribution is -2.33. The Labute approximate surface area is 179 Å². The molecule has 0 amide bonds. The number of hydrogen-bond donors (Lipinski definition) is 1. The molecule has 4 nitrogen and oxygen atoms in total. The van der Waals surface area contributed by atoms with Gasteiger partial charge in [0, 0.05) is 41.3 Å². The summed E-state index contributed by atoms with van der Waals surface area (Å²) < 4.78 is 0. The van der Waals surface area contributed by atoms with Crippen molar-refractivity contribution in [1.82, 2.24) is 14.9 Å². The lowest BCUT2D eigenvalue weighted by molar-refractivity contribution is 0.216. The van der Waals surface area contributed by atoms with Gasteiger partial charge >= 0.3 is 0 Å². The van der Waals surface area contributed by atoms with Crippen LogP contribution in [0, 0.1) is 25.2 Å². The maximum absolute atomic E-state index is 8.83. The number of pyridine rings is 1. The number of aryl methyl sites for hydroxylation is 2. The van der Waals surface area contributed by atoms with E-state index in [1.54, 1.807) is 0 Å². The highest BCUT2D eigenvalue weighted by atomic mass is 15.1. The molecular formula is C26H32N4. The Hall–Kier alpha value is -2.64. The topological polar surface area (TPSA) is 55.7 Å². The normalized spacial score (nSPS) is 15.7. The van der Waals surface area contributed by atoms with Gasteiger partial charge in [-0.15, -0.1) is 0 Å². The van der Waals surface area contributed by atoms with Crippen LogP contribution in [0.25, 0.3) is 22.2 Å². The molecule has 4 heteroatoms. The van der Waals surface area contributed by atoms with E-state index in [4.69, 9.17) is 5.26 Å². The molecule has 0 atom stereocenters. The molecule has 4 rings (SSSR count). The quantitative estimate of drug-likeness (QED) is 0.566. The number of H-pyrrole nitrogens is 1. The summed E-state index contributed by atoms with van der Waals surface area (Å²) >= 11 is 0. The van der Waals surface area contributed by atoms with Crippen molar-refractivity contribution in [3.63, 3.8) is 0 Å². The van der Waals surface area contributed by atoms with Crippen molar-refractivity contribution in [1.29, 1.82) is 5.26 Å². The molecule has 0 aliphatic carbocycles. The van der Waals surface area contributed by atoms with Gasteiger partial charge < -0.3 is 9.88 Å². The number of aromatic nitrogens is 2. The first-order valence-corrected chi connectivity index (χ1v) is 11.2. The van der Waals surface area contributed by atoms with Gasteiger partial charge in [-0.2, -0.15) is 5.26 Å². The van der Waals surface area contributed by atoms with Crippen LogP contribution in [0.1, 0.15) is 67.3 Å². The predicted molar refractivity (Wildman–Crippen MR) is 124 cm³/mol. The van der Waals surface area contributed by atoms with Crippen LogP contribution in [-0.2, 0) is 0 Å². The van der Waals surface area contributed by atoms with E-state index in [0.29, 0.717) is 18.3 Å². The highest BCUT2D eigenvalue weighted by Gasteiger charge is 2.23. The molecule has 1 saturated heterocycles. The third kappa shape index (κ3) is 4.00. The van der Waals surface area contributed by atoms with Gasteiger partial charge in [-0.1, -0.05) is 19.9 Å². The van der Waals surface area contributed by atoms with Gasteiger partial charge in [0.05, 0.1) is 11.8 Å². The summed E-state index contributed by atoms with van der Waals surface area (Å²) in [5.74, 6) is 1.04. The van der Waals surface area contributed by atoms with Crippen LogP contribution in [-0.4, -0.2) is 34.5 Å². The van der Waals surface area contributed by atoms with Gasteiger partial charge in [0.2, 0.25) is 0 Å². The summed E-state index contributed by atoms with van der Waals surface area (Å²) in [4.78, 5) is 10.6. The third-order valence-corrected chi connectivity index (χ3v) is 6.55. The van der Waals surface area contributed by atoms with E-state index in [1.807, 2.05) is 6.20 Å². The minimum absolute atomic E-state index is 0.435. The maximum atomic E-state index is 8.83. The smallest absolute Gasteiger partial charge is 0.0635 e. The fraction of sp³-hybridized carbons (Fsp3) is 0.462. The van der Waals surface area contributed by atoms with E-state index in [9.17, 15) is 0 Å². The van der Waals surface area contributed by atoms with E-state index < -0.39 is 0 Å². The SMILES string of the molecule is Cc1cc(-c2[nH]c3ccc(C4CCN(CCC#N)CC4)cc3c2C(C)C)c(C)cn1. The molecule has 3 aromatic rings. The minimum atomic E-state index is 0.435. The molecule has 0 bridgehead atoms. The number of benzene rings is 1. The van der Waals surface area contributed by atoms with Crippen molar-refractivity contribution in [3.8, 4) is 17.3 Å². The first-order chi connectivity index (χ1) is 14.5. The van der Waals surface area contributed by atoms with Crippen LogP contribution in [0.2, 0.25) is 0 Å².